The topological polar surface area (TPSA) is 306 Å². The molecule has 20 heteroatoms. The normalized spacial score (nSPS) is 19.4. The molecule has 0 aromatic carbocycles. The Hall–Kier alpha value is -4.75. The van der Waals surface area contributed by atoms with Gasteiger partial charge in [-0.3, -0.25) is 38.6 Å². The van der Waals surface area contributed by atoms with E-state index in [-0.39, 0.29) is 64.1 Å². The van der Waals surface area contributed by atoms with E-state index in [1.807, 2.05) is 0 Å². The molecule has 0 aromatic heterocycles. The third-order valence-electron chi connectivity index (χ3n) is 9.62. The molecular weight excluding hydrogens is 781 g/mol. The van der Waals surface area contributed by atoms with Gasteiger partial charge in [0.05, 0.1) is 13.1 Å². The molecule has 7 amide bonds. The summed E-state index contributed by atoms with van der Waals surface area (Å²) in [4.78, 5) is 93.2. The Balaban J connectivity index is 2.92. The summed E-state index contributed by atoms with van der Waals surface area (Å²) in [5.41, 5.74) is 16.5. The van der Waals surface area contributed by atoms with Crippen molar-refractivity contribution in [2.24, 2.45) is 22.2 Å². The summed E-state index contributed by atoms with van der Waals surface area (Å²) in [5.74, 6) is -4.48. The van der Waals surface area contributed by atoms with Crippen molar-refractivity contribution in [1.29, 1.82) is 0 Å². The molecule has 0 radical (unpaired) electrons. The molecular formula is C39H72N12O7S. The maximum atomic E-state index is 13.7. The molecule has 0 saturated carbocycles. The Morgan fingerprint density at radius 3 is 1.76 bits per heavy atom. The van der Waals surface area contributed by atoms with Crippen LogP contribution in [0.5, 0.6) is 0 Å². The number of hydrogen-bond donors (Lipinski definition) is 11. The first-order valence-corrected chi connectivity index (χ1v) is 21.8. The number of guanidine groups is 1. The molecule has 336 valence electrons. The summed E-state index contributed by atoms with van der Waals surface area (Å²) < 4.78 is 0. The van der Waals surface area contributed by atoms with Crippen molar-refractivity contribution in [3.05, 3.63) is 0 Å². The maximum absolute atomic E-state index is 13.7. The number of primary amides is 1. The predicted molar refractivity (Wildman–Crippen MR) is 231 cm³/mol. The van der Waals surface area contributed by atoms with Crippen molar-refractivity contribution in [2.75, 3.05) is 39.3 Å². The van der Waals surface area contributed by atoms with E-state index in [2.05, 4.69) is 54.5 Å². The minimum Gasteiger partial charge on any atom is -0.370 e. The lowest BCUT2D eigenvalue weighted by molar-refractivity contribution is -0.133. The lowest BCUT2D eigenvalue weighted by atomic mass is 10.0. The largest absolute Gasteiger partial charge is 0.370 e. The minimum atomic E-state index is -1.14. The molecule has 0 bridgehead atoms. The smallest absolute Gasteiger partial charge is 0.243 e. The highest BCUT2D eigenvalue weighted by molar-refractivity contribution is 7.80. The van der Waals surface area contributed by atoms with Gasteiger partial charge in [0, 0.05) is 39.0 Å². The van der Waals surface area contributed by atoms with E-state index in [4.69, 9.17) is 29.4 Å². The molecule has 1 rings (SSSR count). The van der Waals surface area contributed by atoms with Crippen LogP contribution in [0, 0.1) is 0 Å². The van der Waals surface area contributed by atoms with Crippen molar-refractivity contribution in [2.45, 2.75) is 153 Å². The summed E-state index contributed by atoms with van der Waals surface area (Å²) in [7, 11) is 0. The van der Waals surface area contributed by atoms with Crippen LogP contribution in [0.2, 0.25) is 0 Å². The second-order valence-corrected chi connectivity index (χ2v) is 15.3. The highest BCUT2D eigenvalue weighted by atomic mass is 32.1. The van der Waals surface area contributed by atoms with Gasteiger partial charge in [0.1, 0.15) is 18.1 Å². The zero-order valence-electron chi connectivity index (χ0n) is 35.1. The molecule has 1 heterocycles. The Morgan fingerprint density at radius 1 is 0.644 bits per heavy atom. The van der Waals surface area contributed by atoms with Gasteiger partial charge in [-0.1, -0.05) is 64.7 Å². The Labute approximate surface area is 354 Å². The molecule has 59 heavy (non-hydrogen) atoms. The van der Waals surface area contributed by atoms with E-state index >= 15 is 0 Å². The zero-order valence-corrected chi connectivity index (χ0v) is 35.9. The molecule has 0 spiro atoms. The highest BCUT2D eigenvalue weighted by Crippen LogP contribution is 2.11. The molecule has 0 aliphatic carbocycles. The van der Waals surface area contributed by atoms with Crippen molar-refractivity contribution in [3.8, 4) is 0 Å². The maximum Gasteiger partial charge on any atom is 0.243 e. The van der Waals surface area contributed by atoms with E-state index in [0.717, 1.165) is 19.4 Å². The number of carbonyl (C=O) groups excluding carboxylic acids is 7. The number of amides is 7. The number of aliphatic imine (C=N–C) groups is 1. The average Bonchev–Trinajstić information content (AvgIpc) is 3.19. The number of carbonyl (C=O) groups is 7. The van der Waals surface area contributed by atoms with Crippen LogP contribution >= 0.6 is 12.2 Å². The van der Waals surface area contributed by atoms with Gasteiger partial charge in [-0.05, 0) is 70.0 Å². The minimum absolute atomic E-state index is 0.0843. The number of thiocarbonyl (C=S) groups is 1. The fourth-order valence-corrected chi connectivity index (χ4v) is 6.40. The van der Waals surface area contributed by atoms with Gasteiger partial charge in [-0.25, -0.2) is 0 Å². The lowest BCUT2D eigenvalue weighted by Crippen LogP contribution is -2.57. The van der Waals surface area contributed by atoms with Gasteiger partial charge in [0.25, 0.3) is 0 Å². The van der Waals surface area contributed by atoms with Crippen LogP contribution in [-0.2, 0) is 33.6 Å². The molecule has 0 aromatic rings. The van der Waals surface area contributed by atoms with Crippen LogP contribution in [0.25, 0.3) is 0 Å². The molecule has 0 unspecified atom stereocenters. The summed E-state index contributed by atoms with van der Waals surface area (Å²) in [6, 6.07) is -3.31. The first-order valence-electron chi connectivity index (χ1n) is 21.4. The van der Waals surface area contributed by atoms with Crippen LogP contribution in [0.1, 0.15) is 135 Å². The third kappa shape index (κ3) is 28.3. The van der Waals surface area contributed by atoms with Gasteiger partial charge < -0.3 is 59.7 Å². The second-order valence-electron chi connectivity index (χ2n) is 14.9. The van der Waals surface area contributed by atoms with Crippen LogP contribution < -0.4 is 59.7 Å². The Morgan fingerprint density at radius 2 is 1.17 bits per heavy atom. The van der Waals surface area contributed by atoms with Crippen molar-refractivity contribution >= 4 is 64.6 Å². The van der Waals surface area contributed by atoms with Gasteiger partial charge in [-0.15, -0.1) is 0 Å². The number of nitrogens with one attached hydrogen (secondary N) is 8. The average molecular weight is 853 g/mol. The van der Waals surface area contributed by atoms with E-state index in [1.165, 1.54) is 51.4 Å². The SMILES string of the molecule is CCCCCCCCCCCCNC(=S)NCCCC[C@@H]1NC(=O)[C@H](CCCN=C(N)N)NC(=O)CNC(=O)CCC(=O)NCC(=O)NCCCC[C@@H](C(N)=O)NC1=O. The molecule has 1 aliphatic heterocycles. The fraction of sp³-hybridized carbons (Fsp3) is 0.769. The quantitative estimate of drug-likeness (QED) is 0.0311. The van der Waals surface area contributed by atoms with Crippen molar-refractivity contribution in [3.63, 3.8) is 0 Å². The van der Waals surface area contributed by atoms with E-state index in [9.17, 15) is 33.6 Å². The Bertz CT molecular complexity index is 1350. The fourth-order valence-electron chi connectivity index (χ4n) is 6.19. The number of nitrogens with two attached hydrogens (primary N) is 3. The number of unbranched alkanes of at least 4 members (excludes halogenated alkanes) is 10. The van der Waals surface area contributed by atoms with Gasteiger partial charge in [0.2, 0.25) is 41.4 Å². The highest BCUT2D eigenvalue weighted by Gasteiger charge is 2.29. The van der Waals surface area contributed by atoms with Crippen molar-refractivity contribution in [1.82, 2.24) is 42.5 Å². The second kappa shape index (κ2) is 33.1. The van der Waals surface area contributed by atoms with Crippen LogP contribution in [-0.4, -0.2) is 110 Å². The lowest BCUT2D eigenvalue weighted by Gasteiger charge is -2.25. The number of rotatable bonds is 21. The van der Waals surface area contributed by atoms with E-state index < -0.39 is 66.0 Å². The number of hydrogen-bond acceptors (Lipinski definition) is 9. The van der Waals surface area contributed by atoms with E-state index in [1.54, 1.807) is 0 Å². The summed E-state index contributed by atoms with van der Waals surface area (Å²) in [6.45, 7) is 3.14. The number of nitrogens with zero attached hydrogens (tertiary/aromatic N) is 1. The van der Waals surface area contributed by atoms with Crippen molar-refractivity contribution < 1.29 is 33.6 Å². The monoisotopic (exact) mass is 853 g/mol. The van der Waals surface area contributed by atoms with Gasteiger partial charge >= 0.3 is 0 Å². The first-order chi connectivity index (χ1) is 28.3. The standard InChI is InChI=1S/C39H72N12O7S/c1-2-3-4-5-6-7-8-9-10-13-23-45-39(59)46-24-15-12-18-30-37(58)50-28(35(40)56)17-11-14-22-43-33(54)26-47-31(52)20-21-32(53)48-27-34(55)49-29(36(57)51-30)19-16-25-44-38(41)42/h28-30H,2-27H2,1H3,(H2,40,56)(H,43,54)(H,47,52)(H,48,53)(H,49,55)(H,50,58)(H,51,57)(H4,41,42,44)(H2,45,46,59)/t28-,29-,30-/m0/s1. The molecule has 14 N–H and O–H groups in total. The predicted octanol–water partition coefficient (Wildman–Crippen LogP) is -0.152. The van der Waals surface area contributed by atoms with Gasteiger partial charge in [0.15, 0.2) is 11.1 Å². The summed E-state index contributed by atoms with van der Waals surface area (Å²) in [5, 5.41) is 22.4. The summed E-state index contributed by atoms with van der Waals surface area (Å²) >= 11 is 5.44. The Kier molecular flexibility index (Phi) is 29.3. The third-order valence-corrected chi connectivity index (χ3v) is 9.91. The van der Waals surface area contributed by atoms with Crippen LogP contribution in [0.3, 0.4) is 0 Å². The molecule has 3 atom stereocenters. The van der Waals surface area contributed by atoms with Gasteiger partial charge in [-0.2, -0.15) is 0 Å². The van der Waals surface area contributed by atoms with Crippen LogP contribution in [0.15, 0.2) is 4.99 Å². The van der Waals surface area contributed by atoms with E-state index in [0.29, 0.717) is 37.3 Å². The molecule has 1 fully saturated rings. The molecule has 1 saturated heterocycles. The molecule has 19 nitrogen and oxygen atoms in total. The summed E-state index contributed by atoms with van der Waals surface area (Å²) in [6.07, 6.45) is 14.7. The molecule has 1 aliphatic rings. The first kappa shape index (κ1) is 52.3. The zero-order chi connectivity index (χ0) is 43.7. The van der Waals surface area contributed by atoms with Crippen LogP contribution in [0.4, 0.5) is 0 Å².